The molecule has 6 nitrogen and oxygen atoms in total. The van der Waals surface area contributed by atoms with Crippen LogP contribution in [0.25, 0.3) is 0 Å². The summed E-state index contributed by atoms with van der Waals surface area (Å²) in [4.78, 5) is 4.34. The summed E-state index contributed by atoms with van der Waals surface area (Å²) in [5, 5.41) is 7.19. The second-order valence-electron chi connectivity index (χ2n) is 6.74. The van der Waals surface area contributed by atoms with Gasteiger partial charge in [-0.25, -0.2) is 0 Å². The van der Waals surface area contributed by atoms with E-state index in [0.29, 0.717) is 11.3 Å². The minimum absolute atomic E-state index is 0. The van der Waals surface area contributed by atoms with E-state index in [-0.39, 0.29) is 24.0 Å². The number of nitrogens with one attached hydrogen (secondary N) is 2. The summed E-state index contributed by atoms with van der Waals surface area (Å²) >= 11 is 0. The van der Waals surface area contributed by atoms with Crippen molar-refractivity contribution >= 4 is 40.7 Å². The molecule has 8 heteroatoms. The van der Waals surface area contributed by atoms with Gasteiger partial charge in [-0.05, 0) is 43.4 Å². The molecule has 1 aromatic carbocycles. The first-order chi connectivity index (χ1) is 13.1. The van der Waals surface area contributed by atoms with Gasteiger partial charge in [0.15, 0.2) is 17.5 Å². The van der Waals surface area contributed by atoms with Crippen LogP contribution in [0.2, 0.25) is 0 Å². The fraction of sp³-hybridized carbons (Fsp3) is 0.650. The predicted octanol–water partition coefficient (Wildman–Crippen LogP) is 3.11. The lowest BCUT2D eigenvalue weighted by Gasteiger charge is -2.30. The van der Waals surface area contributed by atoms with Crippen molar-refractivity contribution in [1.29, 1.82) is 0 Å². The minimum Gasteiger partial charge on any atom is -0.493 e. The van der Waals surface area contributed by atoms with E-state index >= 15 is 0 Å². The van der Waals surface area contributed by atoms with Crippen LogP contribution in [0.15, 0.2) is 23.2 Å². The zero-order valence-corrected chi connectivity index (χ0v) is 20.5. The van der Waals surface area contributed by atoms with Crippen molar-refractivity contribution in [2.45, 2.75) is 50.3 Å². The second-order valence-corrected chi connectivity index (χ2v) is 8.74. The molecule has 1 aromatic rings. The molecule has 0 aromatic heterocycles. The summed E-state index contributed by atoms with van der Waals surface area (Å²) in [6.45, 7) is 2.77. The summed E-state index contributed by atoms with van der Waals surface area (Å²) < 4.78 is 22.7. The number of rotatable bonds is 8. The van der Waals surface area contributed by atoms with Crippen LogP contribution in [0.3, 0.4) is 0 Å². The van der Waals surface area contributed by atoms with Crippen LogP contribution in [0, 0.1) is 0 Å². The van der Waals surface area contributed by atoms with Gasteiger partial charge in [-0.15, -0.1) is 24.0 Å². The van der Waals surface area contributed by atoms with Gasteiger partial charge < -0.3 is 20.1 Å². The number of ether oxygens (including phenoxy) is 2. The molecule has 2 rings (SSSR count). The molecule has 28 heavy (non-hydrogen) atoms. The summed E-state index contributed by atoms with van der Waals surface area (Å²) in [6.07, 6.45) is 5.11. The van der Waals surface area contributed by atoms with Crippen molar-refractivity contribution in [3.8, 4) is 11.5 Å². The molecule has 1 fully saturated rings. The molecule has 1 saturated carbocycles. The van der Waals surface area contributed by atoms with Gasteiger partial charge in [-0.2, -0.15) is 0 Å². The highest BCUT2D eigenvalue weighted by atomic mass is 127. The van der Waals surface area contributed by atoms with Gasteiger partial charge in [0.25, 0.3) is 0 Å². The van der Waals surface area contributed by atoms with Crippen molar-refractivity contribution in [3.63, 3.8) is 0 Å². The summed E-state index contributed by atoms with van der Waals surface area (Å²) in [5.74, 6) is 3.04. The van der Waals surface area contributed by atoms with E-state index < -0.39 is 10.8 Å². The number of halogens is 1. The highest BCUT2D eigenvalue weighted by Crippen LogP contribution is 2.27. The minimum atomic E-state index is -0.710. The third kappa shape index (κ3) is 7.42. The Hall–Kier alpha value is -1.03. The van der Waals surface area contributed by atoms with Gasteiger partial charge in [0.05, 0.1) is 14.2 Å². The van der Waals surface area contributed by atoms with Crippen molar-refractivity contribution in [2.24, 2.45) is 4.99 Å². The van der Waals surface area contributed by atoms with Gasteiger partial charge >= 0.3 is 0 Å². The molecule has 0 bridgehead atoms. The lowest BCUT2D eigenvalue weighted by atomic mass is 9.95. The first-order valence-electron chi connectivity index (χ1n) is 9.66. The van der Waals surface area contributed by atoms with Crippen LogP contribution in [-0.2, 0) is 17.2 Å². The molecule has 0 spiro atoms. The van der Waals surface area contributed by atoms with Gasteiger partial charge in [0.1, 0.15) is 0 Å². The van der Waals surface area contributed by atoms with Crippen LogP contribution < -0.4 is 20.1 Å². The molecule has 0 radical (unpaired) electrons. The summed E-state index contributed by atoms with van der Waals surface area (Å²) in [6, 6.07) is 6.32. The maximum Gasteiger partial charge on any atom is 0.191 e. The molecule has 1 aliphatic carbocycles. The van der Waals surface area contributed by atoms with Crippen molar-refractivity contribution in [3.05, 3.63) is 23.8 Å². The number of hydrogen-bond donors (Lipinski definition) is 2. The maximum atomic E-state index is 12.1. The molecular weight excluding hydrogens is 489 g/mol. The van der Waals surface area contributed by atoms with E-state index in [0.717, 1.165) is 61.9 Å². The quantitative estimate of drug-likeness (QED) is 0.311. The maximum absolute atomic E-state index is 12.1. The molecule has 160 valence electrons. The first-order valence-corrected chi connectivity index (χ1v) is 11.0. The number of nitrogens with zero attached hydrogens (tertiary/aromatic N) is 1. The zero-order valence-electron chi connectivity index (χ0n) is 17.3. The lowest BCUT2D eigenvalue weighted by Crippen LogP contribution is -2.47. The monoisotopic (exact) mass is 523 g/mol. The molecule has 2 N–H and O–H groups in total. The Morgan fingerprint density at radius 2 is 2.00 bits per heavy atom. The Morgan fingerprint density at radius 1 is 1.25 bits per heavy atom. The Balaban J connectivity index is 0.00000392. The highest BCUT2D eigenvalue weighted by molar-refractivity contribution is 14.0. The number of benzene rings is 1. The fourth-order valence-electron chi connectivity index (χ4n) is 3.50. The van der Waals surface area contributed by atoms with E-state index in [9.17, 15) is 4.21 Å². The second kappa shape index (κ2) is 13.2. The topological polar surface area (TPSA) is 72.0 Å². The standard InChI is InChI=1S/C20H33N3O3S.HI/c1-5-27(24)17-8-6-7-16(14-17)23-20(21-2)22-12-11-15-9-10-18(25-3)19(13-15)26-4;/h9-10,13,16-17H,5-8,11-12,14H2,1-4H3,(H2,21,22,23);1H. The van der Waals surface area contributed by atoms with Crippen LogP contribution in [-0.4, -0.2) is 55.0 Å². The largest absolute Gasteiger partial charge is 0.493 e. The van der Waals surface area contributed by atoms with E-state index in [1.807, 2.05) is 25.1 Å². The molecule has 1 aliphatic rings. The van der Waals surface area contributed by atoms with Crippen LogP contribution in [0.1, 0.15) is 38.2 Å². The van der Waals surface area contributed by atoms with E-state index in [1.165, 1.54) is 5.56 Å². The average Bonchev–Trinajstić information content (AvgIpc) is 2.72. The normalized spacial score (nSPS) is 20.6. The predicted molar refractivity (Wildman–Crippen MR) is 128 cm³/mol. The number of hydrogen-bond acceptors (Lipinski definition) is 4. The van der Waals surface area contributed by atoms with Gasteiger partial charge in [0, 0.05) is 41.4 Å². The molecule has 3 unspecified atom stereocenters. The number of methoxy groups -OCH3 is 2. The van der Waals surface area contributed by atoms with Crippen LogP contribution in [0.4, 0.5) is 0 Å². The SMILES string of the molecule is CCS(=O)C1CCCC(NC(=NC)NCCc2ccc(OC)c(OC)c2)C1.I. The third-order valence-electron chi connectivity index (χ3n) is 5.00. The first kappa shape index (κ1) is 25.0. The smallest absolute Gasteiger partial charge is 0.191 e. The van der Waals surface area contributed by atoms with Crippen molar-refractivity contribution in [2.75, 3.05) is 33.6 Å². The Morgan fingerprint density at radius 3 is 2.64 bits per heavy atom. The summed E-state index contributed by atoms with van der Waals surface area (Å²) in [7, 11) is 4.37. The van der Waals surface area contributed by atoms with E-state index in [4.69, 9.17) is 9.47 Å². The fourth-order valence-corrected chi connectivity index (χ4v) is 4.85. The van der Waals surface area contributed by atoms with Crippen molar-refractivity contribution in [1.82, 2.24) is 10.6 Å². The van der Waals surface area contributed by atoms with Crippen LogP contribution >= 0.6 is 24.0 Å². The van der Waals surface area contributed by atoms with Gasteiger partial charge in [-0.1, -0.05) is 19.4 Å². The third-order valence-corrected chi connectivity index (χ3v) is 6.74. The summed E-state index contributed by atoms with van der Waals surface area (Å²) in [5.41, 5.74) is 1.17. The van der Waals surface area contributed by atoms with Crippen LogP contribution in [0.5, 0.6) is 11.5 Å². The Bertz CT molecular complexity index is 658. The molecule has 0 saturated heterocycles. The number of aliphatic imine (C=N–C) groups is 1. The zero-order chi connectivity index (χ0) is 19.6. The molecule has 0 amide bonds. The van der Waals surface area contributed by atoms with Crippen molar-refractivity contribution < 1.29 is 13.7 Å². The Kier molecular flexibility index (Phi) is 11.8. The number of guanidine groups is 1. The molecule has 3 atom stereocenters. The van der Waals surface area contributed by atoms with E-state index in [1.54, 1.807) is 21.3 Å². The molecule has 0 aliphatic heterocycles. The Labute approximate surface area is 188 Å². The van der Waals surface area contributed by atoms with E-state index in [2.05, 4.69) is 15.6 Å². The molecular formula is C20H34IN3O3S. The highest BCUT2D eigenvalue weighted by Gasteiger charge is 2.25. The van der Waals surface area contributed by atoms with Gasteiger partial charge in [-0.3, -0.25) is 9.20 Å². The molecule has 0 heterocycles. The lowest BCUT2D eigenvalue weighted by molar-refractivity contribution is 0.354. The average molecular weight is 523 g/mol. The van der Waals surface area contributed by atoms with Gasteiger partial charge in [0.2, 0.25) is 0 Å².